The average molecular weight is 293 g/mol. The second kappa shape index (κ2) is 10.9. The summed E-state index contributed by atoms with van der Waals surface area (Å²) in [7, 11) is 3.26. The molecule has 0 amide bonds. The molecule has 5 heteroatoms. The first-order valence-electron chi connectivity index (χ1n) is 6.98. The highest BCUT2D eigenvalue weighted by molar-refractivity contribution is 5.75. The molecule has 0 saturated heterocycles. The lowest BCUT2D eigenvalue weighted by Gasteiger charge is -2.14. The Morgan fingerprint density at radius 1 is 1.48 bits per heavy atom. The van der Waals surface area contributed by atoms with Crippen LogP contribution < -0.4 is 5.73 Å². The molecule has 0 aromatic rings. The third-order valence-corrected chi connectivity index (χ3v) is 2.90. The Kier molecular flexibility index (Phi) is 9.88. The smallest absolute Gasteiger partial charge is 0.323 e. The summed E-state index contributed by atoms with van der Waals surface area (Å²) in [4.78, 5) is 17.4. The molecule has 1 atom stereocenters. The summed E-state index contributed by atoms with van der Waals surface area (Å²) in [5.41, 5.74) is 7.48. The van der Waals surface area contributed by atoms with Crippen molar-refractivity contribution in [1.82, 2.24) is 4.90 Å². The van der Waals surface area contributed by atoms with Crippen LogP contribution in [0.4, 0.5) is 0 Å². The molecule has 0 aromatic carbocycles. The Morgan fingerprint density at radius 3 is 2.67 bits per heavy atom. The molecule has 1 unspecified atom stereocenters. The van der Waals surface area contributed by atoms with Crippen LogP contribution in [0, 0.1) is 0 Å². The zero-order valence-corrected chi connectivity index (χ0v) is 13.5. The van der Waals surface area contributed by atoms with E-state index >= 15 is 0 Å². The number of hydrogen-bond acceptors (Lipinski definition) is 4. The highest BCUT2D eigenvalue weighted by Crippen LogP contribution is 2.06. The molecular formula is C16H27N3O2. The van der Waals surface area contributed by atoms with Crippen LogP contribution in [0.25, 0.3) is 0 Å². The zero-order valence-electron chi connectivity index (χ0n) is 13.5. The van der Waals surface area contributed by atoms with E-state index in [4.69, 9.17) is 5.73 Å². The largest absolute Gasteiger partial charge is 0.468 e. The van der Waals surface area contributed by atoms with Crippen molar-refractivity contribution in [3.05, 3.63) is 36.1 Å². The zero-order chi connectivity index (χ0) is 16.3. The van der Waals surface area contributed by atoms with E-state index in [0.717, 1.165) is 13.0 Å². The van der Waals surface area contributed by atoms with Crippen LogP contribution >= 0.6 is 0 Å². The maximum atomic E-state index is 11.2. The van der Waals surface area contributed by atoms with Gasteiger partial charge in [-0.15, -0.1) is 0 Å². The molecule has 0 aliphatic heterocycles. The fourth-order valence-corrected chi connectivity index (χ4v) is 1.62. The number of methoxy groups -OCH3 is 1. The number of nitrogens with two attached hydrogens (primary N) is 1. The molecule has 0 rings (SSSR count). The summed E-state index contributed by atoms with van der Waals surface area (Å²) in [6, 6.07) is -0.714. The molecule has 0 bridgehead atoms. The van der Waals surface area contributed by atoms with Gasteiger partial charge in [-0.3, -0.25) is 4.79 Å². The molecule has 0 aliphatic rings. The molecule has 0 aromatic heterocycles. The van der Waals surface area contributed by atoms with E-state index in [1.165, 1.54) is 12.7 Å². The van der Waals surface area contributed by atoms with Crippen LogP contribution in [0.3, 0.4) is 0 Å². The molecule has 0 heterocycles. The first kappa shape index (κ1) is 19.1. The van der Waals surface area contributed by atoms with Gasteiger partial charge >= 0.3 is 5.97 Å². The second-order valence-corrected chi connectivity index (χ2v) is 4.74. The Labute approximate surface area is 127 Å². The van der Waals surface area contributed by atoms with Gasteiger partial charge in [0, 0.05) is 25.7 Å². The predicted molar refractivity (Wildman–Crippen MR) is 88.1 cm³/mol. The molecule has 0 radical (unpaired) electrons. The lowest BCUT2D eigenvalue weighted by molar-refractivity contribution is -0.142. The fraction of sp³-hybridized carbons (Fsp3) is 0.500. The lowest BCUT2D eigenvalue weighted by atomic mass is 10.1. The first-order chi connectivity index (χ1) is 9.94. The maximum Gasteiger partial charge on any atom is 0.323 e. The number of ether oxygens (including phenoxy) is 1. The van der Waals surface area contributed by atoms with Crippen LogP contribution in [-0.4, -0.2) is 44.0 Å². The number of hydrogen-bond donors (Lipinski definition) is 1. The fourth-order valence-electron chi connectivity index (χ4n) is 1.62. The molecule has 21 heavy (non-hydrogen) atoms. The highest BCUT2D eigenvalue weighted by atomic mass is 16.5. The average Bonchev–Trinajstić information content (AvgIpc) is 2.48. The van der Waals surface area contributed by atoms with Crippen molar-refractivity contribution in [2.75, 3.05) is 20.7 Å². The van der Waals surface area contributed by atoms with Gasteiger partial charge in [-0.2, -0.15) is 0 Å². The second-order valence-electron chi connectivity index (χ2n) is 4.74. The molecule has 0 saturated carbocycles. The minimum absolute atomic E-state index is 0.287. The van der Waals surface area contributed by atoms with E-state index < -0.39 is 12.0 Å². The minimum atomic E-state index is -0.714. The van der Waals surface area contributed by atoms with Crippen molar-refractivity contribution in [3.8, 4) is 0 Å². The summed E-state index contributed by atoms with van der Waals surface area (Å²) in [5.74, 6) is -0.455. The van der Waals surface area contributed by atoms with Crippen LogP contribution in [0.2, 0.25) is 0 Å². The van der Waals surface area contributed by atoms with Gasteiger partial charge in [0.15, 0.2) is 0 Å². The molecule has 0 fully saturated rings. The van der Waals surface area contributed by atoms with Gasteiger partial charge in [0.1, 0.15) is 6.04 Å². The van der Waals surface area contributed by atoms with E-state index in [9.17, 15) is 4.79 Å². The molecule has 2 N–H and O–H groups in total. The Bertz CT molecular complexity index is 425. The normalized spacial score (nSPS) is 13.7. The van der Waals surface area contributed by atoms with Gasteiger partial charge in [-0.25, -0.2) is 4.99 Å². The van der Waals surface area contributed by atoms with Crippen LogP contribution in [0.5, 0.6) is 0 Å². The summed E-state index contributed by atoms with van der Waals surface area (Å²) in [6.07, 6.45) is 9.15. The van der Waals surface area contributed by atoms with Gasteiger partial charge in [-0.1, -0.05) is 30.4 Å². The van der Waals surface area contributed by atoms with E-state index in [-0.39, 0.29) is 6.42 Å². The van der Waals surface area contributed by atoms with Gasteiger partial charge in [0.25, 0.3) is 0 Å². The summed E-state index contributed by atoms with van der Waals surface area (Å²) < 4.78 is 4.56. The number of aliphatic imine (C=N–C) groups is 1. The molecular weight excluding hydrogens is 266 g/mol. The van der Waals surface area contributed by atoms with Gasteiger partial charge in [0.2, 0.25) is 0 Å². The number of carbonyl (C=O) groups excluding carboxylic acids is 1. The van der Waals surface area contributed by atoms with Crippen molar-refractivity contribution in [3.63, 3.8) is 0 Å². The maximum absolute atomic E-state index is 11.2. The number of esters is 1. The highest BCUT2D eigenvalue weighted by Gasteiger charge is 2.14. The topological polar surface area (TPSA) is 67.9 Å². The Balaban J connectivity index is 4.22. The predicted octanol–water partition coefficient (Wildman–Crippen LogP) is 2.26. The molecule has 5 nitrogen and oxygen atoms in total. The quantitative estimate of drug-likeness (QED) is 0.306. The van der Waals surface area contributed by atoms with E-state index in [2.05, 4.69) is 28.5 Å². The number of carbonyl (C=O) groups is 1. The Morgan fingerprint density at radius 2 is 2.14 bits per heavy atom. The van der Waals surface area contributed by atoms with Crippen molar-refractivity contribution in [2.24, 2.45) is 10.7 Å². The minimum Gasteiger partial charge on any atom is -0.468 e. The molecule has 0 spiro atoms. The van der Waals surface area contributed by atoms with E-state index in [1.807, 2.05) is 31.9 Å². The number of nitrogens with zero attached hydrogens (tertiary/aromatic N) is 2. The van der Waals surface area contributed by atoms with Crippen molar-refractivity contribution in [1.29, 1.82) is 0 Å². The van der Waals surface area contributed by atoms with Crippen LogP contribution in [-0.2, 0) is 9.53 Å². The SMILES string of the molecule is C=C(CC(N)C(=O)OC)N=CN(C)CCC(/C=C\C)=C/C. The monoisotopic (exact) mass is 293 g/mol. The summed E-state index contributed by atoms with van der Waals surface area (Å²) in [5, 5.41) is 0. The lowest BCUT2D eigenvalue weighted by Crippen LogP contribution is -2.31. The van der Waals surface area contributed by atoms with Crippen molar-refractivity contribution >= 4 is 12.3 Å². The van der Waals surface area contributed by atoms with Crippen molar-refractivity contribution < 1.29 is 9.53 Å². The molecule has 118 valence electrons. The summed E-state index contributed by atoms with van der Waals surface area (Å²) in [6.45, 7) is 8.67. The number of allylic oxidation sites excluding steroid dienone is 3. The van der Waals surface area contributed by atoms with Gasteiger partial charge < -0.3 is 15.4 Å². The number of rotatable bonds is 9. The van der Waals surface area contributed by atoms with E-state index in [1.54, 1.807) is 6.34 Å². The van der Waals surface area contributed by atoms with Gasteiger partial charge in [-0.05, 0) is 20.3 Å². The van der Waals surface area contributed by atoms with E-state index in [0.29, 0.717) is 5.70 Å². The first-order valence-corrected chi connectivity index (χ1v) is 6.98. The van der Waals surface area contributed by atoms with Gasteiger partial charge in [0.05, 0.1) is 13.4 Å². The third kappa shape index (κ3) is 8.81. The van der Waals surface area contributed by atoms with Crippen LogP contribution in [0.1, 0.15) is 26.7 Å². The van der Waals surface area contributed by atoms with Crippen molar-refractivity contribution in [2.45, 2.75) is 32.7 Å². The summed E-state index contributed by atoms with van der Waals surface area (Å²) >= 11 is 0. The standard InChI is InChI=1S/C16H27N3O2/c1-6-8-14(7-2)9-10-19(4)12-18-13(3)11-15(17)16(20)21-5/h6-8,12,15H,3,9-11,17H2,1-2,4-5H3/b8-6-,14-7+,18-12?. The van der Waals surface area contributed by atoms with Crippen LogP contribution in [0.15, 0.2) is 41.1 Å². The molecule has 0 aliphatic carbocycles. The third-order valence-electron chi connectivity index (χ3n) is 2.90. The Hall–Kier alpha value is -1.88.